The van der Waals surface area contributed by atoms with Crippen molar-refractivity contribution >= 4 is 28.7 Å². The van der Waals surface area contributed by atoms with E-state index in [0.717, 1.165) is 47.9 Å². The van der Waals surface area contributed by atoms with Gasteiger partial charge in [-0.25, -0.2) is 4.98 Å². The molecule has 0 spiro atoms. The fourth-order valence-corrected chi connectivity index (χ4v) is 4.57. The quantitative estimate of drug-likeness (QED) is 0.697. The summed E-state index contributed by atoms with van der Waals surface area (Å²) in [6.07, 6.45) is 17.5. The minimum atomic E-state index is -0.0855. The van der Waals surface area contributed by atoms with Crippen LogP contribution in [-0.4, -0.2) is 62.7 Å². The molecular formula is C25H26ClN5O. The number of nitrogens with zero attached hydrogens (tertiary/aromatic N) is 5. The number of allylic oxidation sites excluding steroid dienone is 6. The lowest BCUT2D eigenvalue weighted by Gasteiger charge is -2.40. The summed E-state index contributed by atoms with van der Waals surface area (Å²) in [7, 11) is 2.16. The number of likely N-dealkylation sites (N-methyl/N-ethyl adjacent to an activating group) is 1. The predicted octanol–water partition coefficient (Wildman–Crippen LogP) is 4.01. The number of halogens is 1. The molecule has 6 nitrogen and oxygen atoms in total. The molecule has 3 aliphatic rings. The van der Waals surface area contributed by atoms with Crippen LogP contribution < -0.4 is 0 Å². The van der Waals surface area contributed by atoms with Crippen molar-refractivity contribution in [2.75, 3.05) is 26.7 Å². The molecule has 0 saturated carbocycles. The van der Waals surface area contributed by atoms with Crippen LogP contribution in [0, 0.1) is 6.92 Å². The van der Waals surface area contributed by atoms with Crippen molar-refractivity contribution in [3.63, 3.8) is 0 Å². The van der Waals surface area contributed by atoms with Crippen molar-refractivity contribution in [2.24, 2.45) is 0 Å². The molecule has 5 rings (SSSR count). The zero-order valence-electron chi connectivity index (χ0n) is 18.5. The Morgan fingerprint density at radius 3 is 2.75 bits per heavy atom. The highest BCUT2D eigenvalue weighted by atomic mass is 35.5. The molecule has 0 N–H and O–H groups in total. The average Bonchev–Trinajstić information content (AvgIpc) is 3.14. The number of pyridine rings is 1. The van der Waals surface area contributed by atoms with E-state index in [1.165, 1.54) is 0 Å². The van der Waals surface area contributed by atoms with Gasteiger partial charge >= 0.3 is 0 Å². The molecule has 32 heavy (non-hydrogen) atoms. The number of aryl methyl sites for hydroxylation is 1. The number of fused-ring (bicyclic) bond motifs is 2. The maximum Gasteiger partial charge on any atom is 0.255 e. The molecule has 5 heterocycles. The lowest BCUT2D eigenvalue weighted by Crippen LogP contribution is -2.49. The zero-order chi connectivity index (χ0) is 22.4. The molecule has 1 atom stereocenters. The third-order valence-corrected chi connectivity index (χ3v) is 6.59. The minimum Gasteiger partial charge on any atom is -0.367 e. The van der Waals surface area contributed by atoms with Gasteiger partial charge in [0.2, 0.25) is 0 Å². The van der Waals surface area contributed by atoms with Crippen LogP contribution in [0.3, 0.4) is 0 Å². The number of carbonyl (C=O) groups is 1. The molecule has 0 bridgehead atoms. The Balaban J connectivity index is 1.48. The van der Waals surface area contributed by atoms with Crippen LogP contribution in [0.2, 0.25) is 5.02 Å². The van der Waals surface area contributed by atoms with Gasteiger partial charge in [-0.3, -0.25) is 9.69 Å². The lowest BCUT2D eigenvalue weighted by atomic mass is 10.0. The largest absolute Gasteiger partial charge is 0.367 e. The molecule has 1 fully saturated rings. The van der Waals surface area contributed by atoms with Gasteiger partial charge in [0.15, 0.2) is 5.65 Å². The molecule has 3 aliphatic heterocycles. The molecular weight excluding hydrogens is 422 g/mol. The molecule has 7 heteroatoms. The van der Waals surface area contributed by atoms with Crippen molar-refractivity contribution < 1.29 is 4.79 Å². The molecule has 164 valence electrons. The number of aromatic nitrogens is 2. The number of carbonyl (C=O) groups excluding carboxylic acids is 1. The van der Waals surface area contributed by atoms with Crippen LogP contribution in [0.15, 0.2) is 72.5 Å². The summed E-state index contributed by atoms with van der Waals surface area (Å²) in [5, 5.41) is 0.558. The highest BCUT2D eigenvalue weighted by Crippen LogP contribution is 2.28. The number of amides is 1. The molecule has 1 amide bonds. The summed E-state index contributed by atoms with van der Waals surface area (Å²) in [5.41, 5.74) is 5.20. The predicted molar refractivity (Wildman–Crippen MR) is 128 cm³/mol. The van der Waals surface area contributed by atoms with Gasteiger partial charge in [-0.05, 0) is 50.8 Å². The van der Waals surface area contributed by atoms with Gasteiger partial charge in [0.1, 0.15) is 0 Å². The van der Waals surface area contributed by atoms with Crippen molar-refractivity contribution in [3.05, 3.63) is 88.8 Å². The number of rotatable bonds is 2. The summed E-state index contributed by atoms with van der Waals surface area (Å²) in [5.74, 6) is -0.0855. The number of imidazole rings is 1. The van der Waals surface area contributed by atoms with Gasteiger partial charge in [-0.15, -0.1) is 0 Å². The standard InChI is InChI=1S/C25H26ClN5O/c1-17-13-30-15-20(11-23(26)25(30)27-17)19-5-4-6-21-7-8-22(16-31(21)24(32)12-19)29-10-9-28(3)18(2)14-29/h4-8,11-13,15-16,18H,9-10,14H2,1-3H3/b5-4+,19-12+,21-6+/t18-/m0/s1. The fraction of sp³-hybridized carbons (Fsp3) is 0.280. The molecule has 0 radical (unpaired) electrons. The highest BCUT2D eigenvalue weighted by molar-refractivity contribution is 6.33. The first kappa shape index (κ1) is 20.8. The van der Waals surface area contributed by atoms with E-state index in [1.807, 2.05) is 60.3 Å². The van der Waals surface area contributed by atoms with Gasteiger partial charge in [-0.2, -0.15) is 0 Å². The van der Waals surface area contributed by atoms with E-state index in [-0.39, 0.29) is 5.91 Å². The minimum absolute atomic E-state index is 0.0855. The molecule has 0 aromatic carbocycles. The molecule has 0 unspecified atom stereocenters. The summed E-state index contributed by atoms with van der Waals surface area (Å²) in [6, 6.07) is 2.33. The molecule has 0 aliphatic carbocycles. The van der Waals surface area contributed by atoms with Crippen LogP contribution in [0.25, 0.3) is 11.2 Å². The first-order chi connectivity index (χ1) is 15.4. The third-order valence-electron chi connectivity index (χ3n) is 6.31. The zero-order valence-corrected chi connectivity index (χ0v) is 19.3. The normalized spacial score (nSPS) is 26.1. The van der Waals surface area contributed by atoms with E-state index in [1.54, 1.807) is 11.0 Å². The topological polar surface area (TPSA) is 44.1 Å². The first-order valence-corrected chi connectivity index (χ1v) is 11.2. The Kier molecular flexibility index (Phi) is 5.27. The second kappa shape index (κ2) is 8.11. The molecule has 2 aromatic heterocycles. The van der Waals surface area contributed by atoms with Crippen LogP contribution >= 0.6 is 11.6 Å². The third kappa shape index (κ3) is 3.80. The number of hydrogen-bond donors (Lipinski definition) is 0. The molecule has 2 aromatic rings. The van der Waals surface area contributed by atoms with Gasteiger partial charge in [0, 0.05) is 61.6 Å². The maximum absolute atomic E-state index is 13.3. The monoisotopic (exact) mass is 447 g/mol. The van der Waals surface area contributed by atoms with E-state index < -0.39 is 0 Å². The first-order valence-electron chi connectivity index (χ1n) is 10.8. The number of piperazine rings is 1. The summed E-state index contributed by atoms with van der Waals surface area (Å²) < 4.78 is 1.91. The lowest BCUT2D eigenvalue weighted by molar-refractivity contribution is -0.122. The van der Waals surface area contributed by atoms with Crippen LogP contribution in [0.4, 0.5) is 0 Å². The van der Waals surface area contributed by atoms with E-state index >= 15 is 0 Å². The van der Waals surface area contributed by atoms with E-state index in [9.17, 15) is 4.79 Å². The molecule has 1 saturated heterocycles. The Bertz CT molecular complexity index is 1250. The van der Waals surface area contributed by atoms with E-state index in [2.05, 4.69) is 34.8 Å². The number of hydrogen-bond acceptors (Lipinski definition) is 4. The van der Waals surface area contributed by atoms with Crippen molar-refractivity contribution in [1.82, 2.24) is 24.1 Å². The van der Waals surface area contributed by atoms with Gasteiger partial charge in [-0.1, -0.05) is 23.8 Å². The van der Waals surface area contributed by atoms with Crippen molar-refractivity contribution in [3.8, 4) is 0 Å². The van der Waals surface area contributed by atoms with E-state index in [4.69, 9.17) is 11.6 Å². The van der Waals surface area contributed by atoms with Crippen LogP contribution in [0.1, 0.15) is 18.2 Å². The van der Waals surface area contributed by atoms with E-state index in [0.29, 0.717) is 16.7 Å². The second-order valence-corrected chi connectivity index (χ2v) is 9.02. The second-order valence-electron chi connectivity index (χ2n) is 8.61. The fourth-order valence-electron chi connectivity index (χ4n) is 4.32. The van der Waals surface area contributed by atoms with Gasteiger partial charge < -0.3 is 14.2 Å². The SMILES string of the molecule is Cc1cn2cc(C3=C\C(=O)N4C=C(N5CCN(C)[C@@H](C)C5)C=C\C4=C/C=C/3)cc(Cl)c2n1. The Morgan fingerprint density at radius 2 is 1.94 bits per heavy atom. The Morgan fingerprint density at radius 1 is 1.12 bits per heavy atom. The Labute approximate surface area is 193 Å². The summed E-state index contributed by atoms with van der Waals surface area (Å²) in [4.78, 5) is 24.2. The maximum atomic E-state index is 13.3. The van der Waals surface area contributed by atoms with Crippen molar-refractivity contribution in [1.29, 1.82) is 0 Å². The van der Waals surface area contributed by atoms with Crippen LogP contribution in [0.5, 0.6) is 0 Å². The van der Waals surface area contributed by atoms with Crippen LogP contribution in [-0.2, 0) is 4.79 Å². The van der Waals surface area contributed by atoms with Gasteiger partial charge in [0.25, 0.3) is 5.91 Å². The highest BCUT2D eigenvalue weighted by Gasteiger charge is 2.25. The van der Waals surface area contributed by atoms with Crippen molar-refractivity contribution in [2.45, 2.75) is 19.9 Å². The summed E-state index contributed by atoms with van der Waals surface area (Å²) in [6.45, 7) is 7.06. The van der Waals surface area contributed by atoms with Gasteiger partial charge in [0.05, 0.1) is 16.4 Å². The summed E-state index contributed by atoms with van der Waals surface area (Å²) >= 11 is 6.47. The smallest absolute Gasteiger partial charge is 0.255 e. The average molecular weight is 448 g/mol. The Hall–Kier alpha value is -3.09.